The number of hydrogen-bond acceptors (Lipinski definition) is 3. The van der Waals surface area contributed by atoms with Gasteiger partial charge >= 0.3 is 5.97 Å². The molecule has 3 nitrogen and oxygen atoms in total. The molecule has 0 radical (unpaired) electrons. The first-order valence-electron chi connectivity index (χ1n) is 5.31. The third-order valence-electron chi connectivity index (χ3n) is 2.26. The topological polar surface area (TPSA) is 29.5 Å². The third-order valence-corrected chi connectivity index (χ3v) is 2.57. The molecule has 88 valence electrons. The zero-order chi connectivity index (χ0) is 12.1. The van der Waals surface area contributed by atoms with Crippen LogP contribution in [0.15, 0.2) is 18.2 Å². The molecule has 0 atom stereocenters. The molecule has 0 aliphatic heterocycles. The molecule has 0 aliphatic rings. The fourth-order valence-corrected chi connectivity index (χ4v) is 1.62. The van der Waals surface area contributed by atoms with Crippen LogP contribution >= 0.6 is 11.6 Å². The van der Waals surface area contributed by atoms with Gasteiger partial charge in [0.1, 0.15) is 0 Å². The van der Waals surface area contributed by atoms with Crippen molar-refractivity contribution in [2.24, 2.45) is 0 Å². The number of nitrogens with zero attached hydrogens (tertiary/aromatic N) is 1. The first-order valence-corrected chi connectivity index (χ1v) is 5.69. The molecule has 0 N–H and O–H groups in total. The van der Waals surface area contributed by atoms with Crippen molar-refractivity contribution in [1.29, 1.82) is 0 Å². The number of carbonyl (C=O) groups is 1. The van der Waals surface area contributed by atoms with Gasteiger partial charge in [-0.1, -0.05) is 17.7 Å². The first-order chi connectivity index (χ1) is 7.58. The van der Waals surface area contributed by atoms with Crippen LogP contribution < -0.4 is 0 Å². The van der Waals surface area contributed by atoms with E-state index in [0.29, 0.717) is 23.7 Å². The van der Waals surface area contributed by atoms with Gasteiger partial charge in [-0.3, -0.25) is 0 Å². The molecule has 4 heteroatoms. The molecule has 16 heavy (non-hydrogen) atoms. The van der Waals surface area contributed by atoms with Crippen LogP contribution in [-0.4, -0.2) is 24.1 Å². The van der Waals surface area contributed by atoms with Gasteiger partial charge in [0.25, 0.3) is 0 Å². The summed E-state index contributed by atoms with van der Waals surface area (Å²) in [5.41, 5.74) is 1.42. The van der Waals surface area contributed by atoms with Crippen LogP contribution in [-0.2, 0) is 4.84 Å². The molecule has 0 aliphatic carbocycles. The van der Waals surface area contributed by atoms with Gasteiger partial charge in [0.05, 0.1) is 10.6 Å². The highest BCUT2D eigenvalue weighted by atomic mass is 35.5. The Morgan fingerprint density at radius 2 is 2.00 bits per heavy atom. The zero-order valence-corrected chi connectivity index (χ0v) is 10.5. The average molecular weight is 242 g/mol. The smallest absolute Gasteiger partial charge is 0.358 e. The number of hydrogen-bond donors (Lipinski definition) is 0. The molecular weight excluding hydrogens is 226 g/mol. The van der Waals surface area contributed by atoms with Gasteiger partial charge < -0.3 is 4.84 Å². The van der Waals surface area contributed by atoms with E-state index in [1.807, 2.05) is 26.8 Å². The predicted molar refractivity (Wildman–Crippen MR) is 64.5 cm³/mol. The Bertz CT molecular complexity index is 375. The number of rotatable bonds is 4. The Hall–Kier alpha value is -1.06. The van der Waals surface area contributed by atoms with Crippen LogP contribution in [0.5, 0.6) is 0 Å². The lowest BCUT2D eigenvalue weighted by Gasteiger charge is -2.17. The lowest BCUT2D eigenvalue weighted by atomic mass is 10.1. The van der Waals surface area contributed by atoms with E-state index in [-0.39, 0.29) is 0 Å². The second kappa shape index (κ2) is 5.87. The second-order valence-electron chi connectivity index (χ2n) is 3.48. The SMILES string of the molecule is CCN(CC)OC(=O)c1ccc(C)cc1Cl. The van der Waals surface area contributed by atoms with Gasteiger partial charge in [0.15, 0.2) is 0 Å². The molecule has 1 rings (SSSR count). The normalized spacial score (nSPS) is 10.6. The first kappa shape index (κ1) is 13.0. The highest BCUT2D eigenvalue weighted by molar-refractivity contribution is 6.33. The molecule has 0 fully saturated rings. The minimum absolute atomic E-state index is 0.402. The molecular formula is C12H16ClNO2. The summed E-state index contributed by atoms with van der Waals surface area (Å²) >= 11 is 5.97. The number of halogens is 1. The molecule has 0 spiro atoms. The van der Waals surface area contributed by atoms with Crippen molar-refractivity contribution in [3.63, 3.8) is 0 Å². The van der Waals surface area contributed by atoms with E-state index in [1.165, 1.54) is 0 Å². The number of hydroxylamine groups is 2. The Balaban J connectivity index is 2.80. The van der Waals surface area contributed by atoms with Gasteiger partial charge in [-0.05, 0) is 38.5 Å². The average Bonchev–Trinajstić information content (AvgIpc) is 2.25. The molecule has 0 saturated carbocycles. The monoisotopic (exact) mass is 241 g/mol. The van der Waals surface area contributed by atoms with Crippen LogP contribution in [0.4, 0.5) is 0 Å². The van der Waals surface area contributed by atoms with Gasteiger partial charge in [-0.25, -0.2) is 4.79 Å². The lowest BCUT2D eigenvalue weighted by molar-refractivity contribution is -0.103. The summed E-state index contributed by atoms with van der Waals surface area (Å²) in [6.07, 6.45) is 0. The molecule has 0 amide bonds. The highest BCUT2D eigenvalue weighted by Gasteiger charge is 2.14. The van der Waals surface area contributed by atoms with Gasteiger partial charge in [-0.2, -0.15) is 0 Å². The van der Waals surface area contributed by atoms with Crippen LogP contribution in [0.1, 0.15) is 29.8 Å². The summed E-state index contributed by atoms with van der Waals surface area (Å²) in [6.45, 7) is 7.09. The van der Waals surface area contributed by atoms with E-state index in [0.717, 1.165) is 5.56 Å². The summed E-state index contributed by atoms with van der Waals surface area (Å²) in [5.74, 6) is -0.409. The number of aryl methyl sites for hydroxylation is 1. The zero-order valence-electron chi connectivity index (χ0n) is 9.79. The van der Waals surface area contributed by atoms with Crippen LogP contribution in [0.2, 0.25) is 5.02 Å². The summed E-state index contributed by atoms with van der Waals surface area (Å²) in [7, 11) is 0. The van der Waals surface area contributed by atoms with E-state index in [4.69, 9.17) is 16.4 Å². The largest absolute Gasteiger partial charge is 0.364 e. The second-order valence-corrected chi connectivity index (χ2v) is 3.88. The standard InChI is InChI=1S/C12H16ClNO2/c1-4-14(5-2)16-12(15)10-7-6-9(3)8-11(10)13/h6-8H,4-5H2,1-3H3. The molecule has 0 saturated heterocycles. The van der Waals surface area contributed by atoms with E-state index in [1.54, 1.807) is 17.2 Å². The summed E-state index contributed by atoms with van der Waals surface area (Å²) in [5, 5.41) is 2.01. The summed E-state index contributed by atoms with van der Waals surface area (Å²) in [4.78, 5) is 16.9. The quantitative estimate of drug-likeness (QED) is 0.759. The van der Waals surface area contributed by atoms with E-state index in [2.05, 4.69) is 0 Å². The minimum atomic E-state index is -0.409. The molecule has 0 aromatic heterocycles. The van der Waals surface area contributed by atoms with Crippen molar-refractivity contribution in [3.8, 4) is 0 Å². The van der Waals surface area contributed by atoms with Gasteiger partial charge in [-0.15, -0.1) is 5.06 Å². The van der Waals surface area contributed by atoms with E-state index >= 15 is 0 Å². The fourth-order valence-electron chi connectivity index (χ4n) is 1.30. The Kier molecular flexibility index (Phi) is 4.77. The van der Waals surface area contributed by atoms with Crippen molar-refractivity contribution in [2.75, 3.05) is 13.1 Å². The van der Waals surface area contributed by atoms with Crippen molar-refractivity contribution < 1.29 is 9.63 Å². The predicted octanol–water partition coefficient (Wildman–Crippen LogP) is 3.06. The molecule has 0 unspecified atom stereocenters. The maximum absolute atomic E-state index is 11.8. The summed E-state index contributed by atoms with van der Waals surface area (Å²) < 4.78 is 0. The molecule has 1 aromatic carbocycles. The van der Waals surface area contributed by atoms with Crippen LogP contribution in [0, 0.1) is 6.92 Å². The van der Waals surface area contributed by atoms with Crippen molar-refractivity contribution in [2.45, 2.75) is 20.8 Å². The van der Waals surface area contributed by atoms with Crippen molar-refractivity contribution in [3.05, 3.63) is 34.3 Å². The maximum Gasteiger partial charge on any atom is 0.358 e. The van der Waals surface area contributed by atoms with Crippen molar-refractivity contribution in [1.82, 2.24) is 5.06 Å². The Morgan fingerprint density at radius 1 is 1.38 bits per heavy atom. The Labute approximate surface area is 101 Å². The number of benzene rings is 1. The maximum atomic E-state index is 11.8. The van der Waals surface area contributed by atoms with Gasteiger partial charge in [0, 0.05) is 13.1 Å². The minimum Gasteiger partial charge on any atom is -0.364 e. The van der Waals surface area contributed by atoms with Crippen LogP contribution in [0.25, 0.3) is 0 Å². The third kappa shape index (κ3) is 3.22. The molecule has 0 bridgehead atoms. The number of carbonyl (C=O) groups excluding carboxylic acids is 1. The Morgan fingerprint density at radius 3 is 2.50 bits per heavy atom. The summed E-state index contributed by atoms with van der Waals surface area (Å²) in [6, 6.07) is 5.27. The molecule has 0 heterocycles. The molecule has 1 aromatic rings. The fraction of sp³-hybridized carbons (Fsp3) is 0.417. The lowest BCUT2D eigenvalue weighted by Crippen LogP contribution is -2.27. The van der Waals surface area contributed by atoms with Crippen LogP contribution in [0.3, 0.4) is 0 Å². The van der Waals surface area contributed by atoms with Crippen molar-refractivity contribution >= 4 is 17.6 Å². The van der Waals surface area contributed by atoms with E-state index in [9.17, 15) is 4.79 Å². The highest BCUT2D eigenvalue weighted by Crippen LogP contribution is 2.18. The van der Waals surface area contributed by atoms with Gasteiger partial charge in [0.2, 0.25) is 0 Å². The van der Waals surface area contributed by atoms with E-state index < -0.39 is 5.97 Å².